The van der Waals surface area contributed by atoms with Crippen molar-refractivity contribution in [3.05, 3.63) is 96.0 Å². The van der Waals surface area contributed by atoms with Gasteiger partial charge in [0.05, 0.1) is 18.4 Å². The number of pyridine rings is 1. The number of methoxy groups -OCH3 is 1. The van der Waals surface area contributed by atoms with Crippen molar-refractivity contribution < 1.29 is 9.53 Å². The van der Waals surface area contributed by atoms with Crippen molar-refractivity contribution in [3.8, 4) is 17.1 Å². The van der Waals surface area contributed by atoms with Gasteiger partial charge in [-0.05, 0) is 36.8 Å². The monoisotopic (exact) mass is 438 g/mol. The lowest BCUT2D eigenvalue weighted by molar-refractivity contribution is -0.113. The summed E-state index contributed by atoms with van der Waals surface area (Å²) in [5.41, 5.74) is 3.56. The first-order chi connectivity index (χ1) is 16.2. The predicted molar refractivity (Wildman–Crippen MR) is 126 cm³/mol. The van der Waals surface area contributed by atoms with Crippen LogP contribution < -0.4 is 15.4 Å². The van der Waals surface area contributed by atoms with E-state index in [0.29, 0.717) is 34.5 Å². The SMILES string of the molecule is COc1ccccc1NC(=O)C1=C(C)Nc2nc(-c3cccnc3)nn2C1c1ccccc1. The number of rotatable bonds is 5. The van der Waals surface area contributed by atoms with Crippen molar-refractivity contribution in [2.24, 2.45) is 0 Å². The number of hydrogen-bond donors (Lipinski definition) is 2. The zero-order chi connectivity index (χ0) is 22.8. The van der Waals surface area contributed by atoms with E-state index in [-0.39, 0.29) is 5.91 Å². The molecule has 4 aromatic rings. The summed E-state index contributed by atoms with van der Waals surface area (Å²) in [6, 6.07) is 20.4. The van der Waals surface area contributed by atoms with Gasteiger partial charge in [0, 0.05) is 23.7 Å². The molecule has 2 N–H and O–H groups in total. The fourth-order valence-corrected chi connectivity index (χ4v) is 3.94. The highest BCUT2D eigenvalue weighted by Gasteiger charge is 2.34. The third kappa shape index (κ3) is 3.82. The van der Waals surface area contributed by atoms with Crippen LogP contribution in [0.5, 0.6) is 5.75 Å². The highest BCUT2D eigenvalue weighted by Crippen LogP contribution is 2.37. The van der Waals surface area contributed by atoms with Crippen LogP contribution in [0.25, 0.3) is 11.4 Å². The number of allylic oxidation sites excluding steroid dienone is 1. The van der Waals surface area contributed by atoms with Gasteiger partial charge in [0.15, 0.2) is 5.82 Å². The highest BCUT2D eigenvalue weighted by molar-refractivity contribution is 6.06. The zero-order valence-electron chi connectivity index (χ0n) is 18.2. The molecule has 8 heteroatoms. The summed E-state index contributed by atoms with van der Waals surface area (Å²) in [5, 5.41) is 11.0. The number of benzene rings is 2. The fraction of sp³-hybridized carbons (Fsp3) is 0.120. The Hall–Kier alpha value is -4.46. The summed E-state index contributed by atoms with van der Waals surface area (Å²) in [6.07, 6.45) is 3.42. The largest absolute Gasteiger partial charge is 0.495 e. The van der Waals surface area contributed by atoms with Gasteiger partial charge in [-0.15, -0.1) is 5.10 Å². The van der Waals surface area contributed by atoms with Crippen LogP contribution in [-0.4, -0.2) is 32.8 Å². The van der Waals surface area contributed by atoms with E-state index in [9.17, 15) is 4.79 Å². The molecule has 1 atom stereocenters. The number of hydrogen-bond acceptors (Lipinski definition) is 6. The number of anilines is 2. The first kappa shape index (κ1) is 20.4. The van der Waals surface area contributed by atoms with Gasteiger partial charge in [-0.25, -0.2) is 4.68 Å². The molecule has 2 aromatic heterocycles. The molecular formula is C25H22N6O2. The maximum Gasteiger partial charge on any atom is 0.255 e. The van der Waals surface area contributed by atoms with E-state index in [0.717, 1.165) is 11.1 Å². The Morgan fingerprint density at radius 2 is 1.85 bits per heavy atom. The molecule has 3 heterocycles. The van der Waals surface area contributed by atoms with E-state index in [1.54, 1.807) is 30.3 Å². The van der Waals surface area contributed by atoms with Crippen LogP contribution in [0.15, 0.2) is 90.4 Å². The third-order valence-corrected chi connectivity index (χ3v) is 5.49. The molecule has 0 aliphatic carbocycles. The lowest BCUT2D eigenvalue weighted by Gasteiger charge is -2.28. The van der Waals surface area contributed by atoms with Gasteiger partial charge < -0.3 is 15.4 Å². The van der Waals surface area contributed by atoms with E-state index in [2.05, 4.69) is 20.6 Å². The normalized spacial score (nSPS) is 14.9. The number of carbonyl (C=O) groups is 1. The van der Waals surface area contributed by atoms with Crippen LogP contribution in [0, 0.1) is 0 Å². The molecule has 164 valence electrons. The molecule has 0 radical (unpaired) electrons. The minimum absolute atomic E-state index is 0.248. The van der Waals surface area contributed by atoms with Crippen LogP contribution in [0.1, 0.15) is 18.5 Å². The summed E-state index contributed by atoms with van der Waals surface area (Å²) in [7, 11) is 1.58. The minimum atomic E-state index is -0.463. The summed E-state index contributed by atoms with van der Waals surface area (Å²) in [5.74, 6) is 1.44. The highest BCUT2D eigenvalue weighted by atomic mass is 16.5. The van der Waals surface area contributed by atoms with Crippen molar-refractivity contribution in [2.45, 2.75) is 13.0 Å². The van der Waals surface area contributed by atoms with E-state index >= 15 is 0 Å². The van der Waals surface area contributed by atoms with Gasteiger partial charge in [-0.3, -0.25) is 9.78 Å². The van der Waals surface area contributed by atoms with E-state index in [1.807, 2.05) is 67.6 Å². The Bertz CT molecular complexity index is 1330. The minimum Gasteiger partial charge on any atom is -0.495 e. The molecule has 33 heavy (non-hydrogen) atoms. The standard InChI is InChI=1S/C25H22N6O2/c1-16-21(24(32)28-19-12-6-7-13-20(19)33-2)22(17-9-4-3-5-10-17)31-25(27-16)29-23(30-31)18-11-8-14-26-15-18/h3-15,22H,1-2H3,(H,28,32)(H,27,29,30). The molecule has 0 spiro atoms. The van der Waals surface area contributed by atoms with Crippen molar-refractivity contribution in [1.82, 2.24) is 19.7 Å². The summed E-state index contributed by atoms with van der Waals surface area (Å²) in [4.78, 5) is 22.4. The molecule has 0 saturated carbocycles. The van der Waals surface area contributed by atoms with Crippen LogP contribution in [0.4, 0.5) is 11.6 Å². The first-order valence-electron chi connectivity index (χ1n) is 10.5. The Labute approximate surface area is 191 Å². The third-order valence-electron chi connectivity index (χ3n) is 5.49. The van der Waals surface area contributed by atoms with Gasteiger partial charge in [0.25, 0.3) is 5.91 Å². The number of ether oxygens (including phenoxy) is 1. The second kappa shape index (κ2) is 8.58. The lowest BCUT2D eigenvalue weighted by Crippen LogP contribution is -2.31. The summed E-state index contributed by atoms with van der Waals surface area (Å²) < 4.78 is 7.15. The molecule has 0 fully saturated rings. The number of carbonyl (C=O) groups excluding carboxylic acids is 1. The molecular weight excluding hydrogens is 416 g/mol. The number of nitrogens with one attached hydrogen (secondary N) is 2. The topological polar surface area (TPSA) is 94.0 Å². The first-order valence-corrected chi connectivity index (χ1v) is 10.5. The predicted octanol–water partition coefficient (Wildman–Crippen LogP) is 4.28. The van der Waals surface area contributed by atoms with Gasteiger partial charge in [0.1, 0.15) is 11.8 Å². The van der Waals surface area contributed by atoms with Crippen LogP contribution in [-0.2, 0) is 4.79 Å². The van der Waals surface area contributed by atoms with E-state index < -0.39 is 6.04 Å². The Balaban J connectivity index is 1.59. The summed E-state index contributed by atoms with van der Waals surface area (Å²) in [6.45, 7) is 1.87. The molecule has 0 bridgehead atoms. The molecule has 1 unspecified atom stereocenters. The average molecular weight is 438 g/mol. The second-order valence-corrected chi connectivity index (χ2v) is 7.58. The maximum atomic E-state index is 13.6. The number of aromatic nitrogens is 4. The molecule has 8 nitrogen and oxygen atoms in total. The summed E-state index contributed by atoms with van der Waals surface area (Å²) >= 11 is 0. The average Bonchev–Trinajstić information content (AvgIpc) is 3.28. The van der Waals surface area contributed by atoms with Crippen molar-refractivity contribution in [2.75, 3.05) is 17.7 Å². The van der Waals surface area contributed by atoms with Gasteiger partial charge in [0.2, 0.25) is 5.95 Å². The van der Waals surface area contributed by atoms with Gasteiger partial charge in [-0.1, -0.05) is 42.5 Å². The van der Waals surface area contributed by atoms with Crippen molar-refractivity contribution in [1.29, 1.82) is 0 Å². The number of amides is 1. The van der Waals surface area contributed by atoms with Crippen molar-refractivity contribution in [3.63, 3.8) is 0 Å². The number of fused-ring (bicyclic) bond motifs is 1. The maximum absolute atomic E-state index is 13.6. The van der Waals surface area contributed by atoms with E-state index in [1.165, 1.54) is 0 Å². The Kier molecular flexibility index (Phi) is 5.32. The fourth-order valence-electron chi connectivity index (χ4n) is 3.94. The molecule has 1 amide bonds. The Morgan fingerprint density at radius 3 is 2.61 bits per heavy atom. The van der Waals surface area contributed by atoms with Gasteiger partial charge in [-0.2, -0.15) is 4.98 Å². The van der Waals surface area contributed by atoms with E-state index in [4.69, 9.17) is 9.84 Å². The zero-order valence-corrected chi connectivity index (χ0v) is 18.2. The quantitative estimate of drug-likeness (QED) is 0.483. The molecule has 1 aliphatic heterocycles. The number of nitrogens with zero attached hydrogens (tertiary/aromatic N) is 4. The second-order valence-electron chi connectivity index (χ2n) is 7.58. The molecule has 1 aliphatic rings. The molecule has 2 aromatic carbocycles. The lowest BCUT2D eigenvalue weighted by atomic mass is 9.95. The number of para-hydroxylation sites is 2. The smallest absolute Gasteiger partial charge is 0.255 e. The van der Waals surface area contributed by atoms with Crippen LogP contribution in [0.2, 0.25) is 0 Å². The van der Waals surface area contributed by atoms with Crippen LogP contribution >= 0.6 is 0 Å². The molecule has 5 rings (SSSR count). The molecule has 0 saturated heterocycles. The van der Waals surface area contributed by atoms with Crippen molar-refractivity contribution >= 4 is 17.5 Å². The van der Waals surface area contributed by atoms with Gasteiger partial charge >= 0.3 is 0 Å². The Morgan fingerprint density at radius 1 is 1.06 bits per heavy atom. The van der Waals surface area contributed by atoms with Crippen LogP contribution in [0.3, 0.4) is 0 Å².